The summed E-state index contributed by atoms with van der Waals surface area (Å²) < 4.78 is 11.4. The summed E-state index contributed by atoms with van der Waals surface area (Å²) in [7, 11) is 1.78. The van der Waals surface area contributed by atoms with Crippen molar-refractivity contribution in [2.24, 2.45) is 11.1 Å². The number of nitrogens with zero attached hydrogens (tertiary/aromatic N) is 1. The highest BCUT2D eigenvalue weighted by atomic mass is 79.9. The third-order valence-electron chi connectivity index (χ3n) is 3.24. The molecule has 0 aliphatic carbocycles. The first-order valence-corrected chi connectivity index (χ1v) is 7.18. The number of halogens is 1. The zero-order valence-corrected chi connectivity index (χ0v) is 13.5. The van der Waals surface area contributed by atoms with Crippen LogP contribution in [0.3, 0.4) is 0 Å². The lowest BCUT2D eigenvalue weighted by Crippen LogP contribution is -2.39. The van der Waals surface area contributed by atoms with Crippen molar-refractivity contribution in [3.8, 4) is 11.5 Å². The zero-order chi connectivity index (χ0) is 14.9. The predicted molar refractivity (Wildman–Crippen MR) is 80.1 cm³/mol. The molecular formula is C14H19BrN2O3. The van der Waals surface area contributed by atoms with Gasteiger partial charge in [-0.25, -0.2) is 0 Å². The van der Waals surface area contributed by atoms with Crippen LogP contribution in [0.25, 0.3) is 0 Å². The average molecular weight is 343 g/mol. The van der Waals surface area contributed by atoms with Crippen molar-refractivity contribution in [1.82, 2.24) is 4.90 Å². The fourth-order valence-corrected chi connectivity index (χ4v) is 2.65. The maximum Gasteiger partial charge on any atom is 0.253 e. The molecule has 1 aromatic rings. The number of hydrogen-bond acceptors (Lipinski definition) is 4. The second-order valence-corrected chi connectivity index (χ2v) is 6.58. The van der Waals surface area contributed by atoms with Crippen molar-refractivity contribution in [1.29, 1.82) is 0 Å². The maximum absolute atomic E-state index is 12.5. The predicted octanol–water partition coefficient (Wildman–Crippen LogP) is 2.23. The van der Waals surface area contributed by atoms with E-state index < -0.39 is 0 Å². The Morgan fingerprint density at radius 1 is 1.45 bits per heavy atom. The largest absolute Gasteiger partial charge is 0.454 e. The minimum absolute atomic E-state index is 0.0643. The second-order valence-electron chi connectivity index (χ2n) is 5.72. The van der Waals surface area contributed by atoms with Crippen LogP contribution in [-0.4, -0.2) is 37.7 Å². The molecule has 1 amide bonds. The molecule has 0 saturated carbocycles. The van der Waals surface area contributed by atoms with Gasteiger partial charge in [0.1, 0.15) is 0 Å². The average Bonchev–Trinajstić information content (AvgIpc) is 2.86. The number of rotatable bonds is 4. The molecule has 0 spiro atoms. The smallest absolute Gasteiger partial charge is 0.253 e. The first-order valence-electron chi connectivity index (χ1n) is 6.39. The third-order valence-corrected chi connectivity index (χ3v) is 3.83. The van der Waals surface area contributed by atoms with E-state index >= 15 is 0 Å². The van der Waals surface area contributed by atoms with Crippen LogP contribution in [0, 0.1) is 5.41 Å². The summed E-state index contributed by atoms with van der Waals surface area (Å²) in [4.78, 5) is 14.1. The Hall–Kier alpha value is -1.27. The molecule has 5 nitrogen and oxygen atoms in total. The van der Waals surface area contributed by atoms with Crippen molar-refractivity contribution in [3.63, 3.8) is 0 Å². The standard InChI is InChI=1S/C14H19BrN2O3/c1-14(2,6-16)7-17(3)13(18)9-4-10(15)12-11(5-9)19-8-20-12/h4-5H,6-8,16H2,1-3H3. The number of amides is 1. The molecule has 6 heteroatoms. The topological polar surface area (TPSA) is 64.8 Å². The second kappa shape index (κ2) is 5.61. The number of carbonyl (C=O) groups is 1. The Labute approximate surface area is 127 Å². The number of benzene rings is 1. The highest BCUT2D eigenvalue weighted by molar-refractivity contribution is 9.10. The fraction of sp³-hybridized carbons (Fsp3) is 0.500. The SMILES string of the molecule is CN(CC(C)(C)CN)C(=O)c1cc(Br)c2c(c1)OCO2. The van der Waals surface area contributed by atoms with Gasteiger partial charge >= 0.3 is 0 Å². The monoisotopic (exact) mass is 342 g/mol. The van der Waals surface area contributed by atoms with E-state index in [4.69, 9.17) is 15.2 Å². The quantitative estimate of drug-likeness (QED) is 0.911. The van der Waals surface area contributed by atoms with Gasteiger partial charge in [-0.2, -0.15) is 0 Å². The first-order chi connectivity index (χ1) is 9.34. The van der Waals surface area contributed by atoms with Gasteiger partial charge in [0.25, 0.3) is 5.91 Å². The molecule has 1 aliphatic rings. The van der Waals surface area contributed by atoms with Crippen LogP contribution in [0.4, 0.5) is 0 Å². The van der Waals surface area contributed by atoms with Gasteiger partial charge in [-0.3, -0.25) is 4.79 Å². The van der Waals surface area contributed by atoms with Gasteiger partial charge in [0.05, 0.1) is 4.47 Å². The minimum Gasteiger partial charge on any atom is -0.454 e. The van der Waals surface area contributed by atoms with Crippen LogP contribution in [0.5, 0.6) is 11.5 Å². The van der Waals surface area contributed by atoms with E-state index in [9.17, 15) is 4.79 Å². The van der Waals surface area contributed by atoms with Crippen molar-refractivity contribution in [3.05, 3.63) is 22.2 Å². The van der Waals surface area contributed by atoms with Gasteiger partial charge in [0.2, 0.25) is 6.79 Å². The van der Waals surface area contributed by atoms with Crippen LogP contribution >= 0.6 is 15.9 Å². The summed E-state index contributed by atoms with van der Waals surface area (Å²) in [6.07, 6.45) is 0. The summed E-state index contributed by atoms with van der Waals surface area (Å²) in [5, 5.41) is 0. The molecular weight excluding hydrogens is 324 g/mol. The van der Waals surface area contributed by atoms with Crippen molar-refractivity contribution in [2.45, 2.75) is 13.8 Å². The number of hydrogen-bond donors (Lipinski definition) is 1. The molecule has 1 aromatic carbocycles. The molecule has 2 rings (SSSR count). The summed E-state index contributed by atoms with van der Waals surface area (Å²) in [6.45, 7) is 5.37. The lowest BCUT2D eigenvalue weighted by atomic mass is 9.93. The highest BCUT2D eigenvalue weighted by Gasteiger charge is 2.25. The van der Waals surface area contributed by atoms with Crippen LogP contribution in [0.15, 0.2) is 16.6 Å². The number of carbonyl (C=O) groups excluding carboxylic acids is 1. The summed E-state index contributed by atoms with van der Waals surface area (Å²) in [6, 6.07) is 3.46. The van der Waals surface area contributed by atoms with Crippen LogP contribution < -0.4 is 15.2 Å². The molecule has 2 N–H and O–H groups in total. The zero-order valence-electron chi connectivity index (χ0n) is 11.9. The normalized spacial score (nSPS) is 13.4. The van der Waals surface area contributed by atoms with Gasteiger partial charge in [0.15, 0.2) is 11.5 Å². The Balaban J connectivity index is 2.19. The molecule has 0 radical (unpaired) electrons. The molecule has 0 saturated heterocycles. The highest BCUT2D eigenvalue weighted by Crippen LogP contribution is 2.40. The fourth-order valence-electron chi connectivity index (χ4n) is 2.09. The van der Waals surface area contributed by atoms with E-state index in [1.165, 1.54) is 0 Å². The van der Waals surface area contributed by atoms with E-state index in [0.717, 1.165) is 4.47 Å². The van der Waals surface area contributed by atoms with Crippen molar-refractivity contribution < 1.29 is 14.3 Å². The first kappa shape index (κ1) is 15.1. The molecule has 0 fully saturated rings. The molecule has 0 atom stereocenters. The lowest BCUT2D eigenvalue weighted by Gasteiger charge is -2.29. The van der Waals surface area contributed by atoms with E-state index in [2.05, 4.69) is 15.9 Å². The Morgan fingerprint density at radius 2 is 2.15 bits per heavy atom. The van der Waals surface area contributed by atoms with Gasteiger partial charge in [-0.1, -0.05) is 13.8 Å². The van der Waals surface area contributed by atoms with Crippen molar-refractivity contribution in [2.75, 3.05) is 26.9 Å². The van der Waals surface area contributed by atoms with Gasteiger partial charge < -0.3 is 20.1 Å². The van der Waals surface area contributed by atoms with Crippen LogP contribution in [0.1, 0.15) is 24.2 Å². The molecule has 0 bridgehead atoms. The maximum atomic E-state index is 12.5. The molecule has 0 aromatic heterocycles. The van der Waals surface area contributed by atoms with Gasteiger partial charge in [-0.15, -0.1) is 0 Å². The van der Waals surface area contributed by atoms with E-state index in [1.54, 1.807) is 24.1 Å². The summed E-state index contributed by atoms with van der Waals surface area (Å²) >= 11 is 3.39. The van der Waals surface area contributed by atoms with E-state index in [1.807, 2.05) is 13.8 Å². The molecule has 0 unspecified atom stereocenters. The van der Waals surface area contributed by atoms with E-state index in [-0.39, 0.29) is 18.1 Å². The Morgan fingerprint density at radius 3 is 2.80 bits per heavy atom. The lowest BCUT2D eigenvalue weighted by molar-refractivity contribution is 0.0740. The number of ether oxygens (including phenoxy) is 2. The molecule has 20 heavy (non-hydrogen) atoms. The molecule has 1 heterocycles. The summed E-state index contributed by atoms with van der Waals surface area (Å²) in [5.41, 5.74) is 6.16. The molecule has 1 aliphatic heterocycles. The number of nitrogens with two attached hydrogens (primary N) is 1. The minimum atomic E-state index is -0.113. The van der Waals surface area contributed by atoms with Crippen LogP contribution in [-0.2, 0) is 0 Å². The van der Waals surface area contributed by atoms with Crippen molar-refractivity contribution >= 4 is 21.8 Å². The molecule has 110 valence electrons. The van der Waals surface area contributed by atoms with E-state index in [0.29, 0.717) is 30.2 Å². The number of fused-ring (bicyclic) bond motifs is 1. The Kier molecular flexibility index (Phi) is 4.25. The summed E-state index contributed by atoms with van der Waals surface area (Å²) in [5.74, 6) is 1.17. The Bertz CT molecular complexity index is 531. The van der Waals surface area contributed by atoms with Gasteiger partial charge in [0, 0.05) is 19.2 Å². The van der Waals surface area contributed by atoms with Crippen LogP contribution in [0.2, 0.25) is 0 Å². The van der Waals surface area contributed by atoms with Gasteiger partial charge in [-0.05, 0) is 40.0 Å². The third kappa shape index (κ3) is 3.07.